The number of rotatable bonds is 7. The molecule has 2 aliphatic rings. The average Bonchev–Trinajstić information content (AvgIpc) is 2.78. The molecule has 0 aromatic heterocycles. The molecule has 2 fully saturated rings. The Labute approximate surface area is 190 Å². The third-order valence-corrected chi connectivity index (χ3v) is 8.18. The second-order valence-corrected chi connectivity index (χ2v) is 10.9. The molecule has 3 rings (SSSR count). The minimum absolute atomic E-state index is 0.0986. The van der Waals surface area contributed by atoms with Crippen LogP contribution in [0, 0.1) is 17.8 Å². The summed E-state index contributed by atoms with van der Waals surface area (Å²) >= 11 is 0. The Morgan fingerprint density at radius 3 is 2.41 bits per heavy atom. The Morgan fingerprint density at radius 2 is 1.78 bits per heavy atom. The normalized spacial score (nSPS) is 24.8. The summed E-state index contributed by atoms with van der Waals surface area (Å²) in [5.74, 6) is -0.0381. The first-order valence-electron chi connectivity index (χ1n) is 11.2. The molecule has 1 aliphatic carbocycles. The predicted octanol–water partition coefficient (Wildman–Crippen LogP) is 2.87. The molecule has 178 valence electrons. The second kappa shape index (κ2) is 10.8. The summed E-state index contributed by atoms with van der Waals surface area (Å²) in [7, 11) is -3.64. The van der Waals surface area contributed by atoms with Crippen LogP contribution in [0.5, 0.6) is 0 Å². The van der Waals surface area contributed by atoms with Crippen molar-refractivity contribution in [3.05, 3.63) is 29.8 Å². The number of sulfonamides is 1. The van der Waals surface area contributed by atoms with E-state index in [9.17, 15) is 18.0 Å². The third-order valence-electron chi connectivity index (χ3n) is 6.26. The van der Waals surface area contributed by atoms with Gasteiger partial charge in [-0.1, -0.05) is 27.2 Å². The van der Waals surface area contributed by atoms with Gasteiger partial charge in [0, 0.05) is 13.1 Å². The first-order valence-corrected chi connectivity index (χ1v) is 12.7. The Balaban J connectivity index is 1.54. The standard InChI is InChI=1S/C23H33NO7S/c1-16(2)20-9-4-17(3)14-21(20)31-22(25)15-30-23(26)18-5-7-19(8-6-18)32(27,28)24-10-12-29-13-11-24/h5-8,16-17,20-21H,4,9-15H2,1-3H3/t17-,20+,21-/m1/s1. The summed E-state index contributed by atoms with van der Waals surface area (Å²) in [6.45, 7) is 7.25. The molecule has 0 radical (unpaired) electrons. The number of carbonyl (C=O) groups excluding carboxylic acids is 2. The fourth-order valence-electron chi connectivity index (χ4n) is 4.36. The van der Waals surface area contributed by atoms with Gasteiger partial charge in [-0.3, -0.25) is 0 Å². The first kappa shape index (κ1) is 24.7. The van der Waals surface area contributed by atoms with E-state index in [4.69, 9.17) is 14.2 Å². The third kappa shape index (κ3) is 6.08. The van der Waals surface area contributed by atoms with Gasteiger partial charge in [-0.15, -0.1) is 0 Å². The molecule has 0 spiro atoms. The Kier molecular flexibility index (Phi) is 8.30. The Hall–Kier alpha value is -1.97. The van der Waals surface area contributed by atoms with Crippen LogP contribution in [0.2, 0.25) is 0 Å². The van der Waals surface area contributed by atoms with Crippen LogP contribution < -0.4 is 0 Å². The van der Waals surface area contributed by atoms with Gasteiger partial charge >= 0.3 is 11.9 Å². The Morgan fingerprint density at radius 1 is 1.12 bits per heavy atom. The molecule has 0 bridgehead atoms. The molecule has 1 aromatic rings. The maximum Gasteiger partial charge on any atom is 0.344 e. The molecule has 1 heterocycles. The van der Waals surface area contributed by atoms with Gasteiger partial charge in [0.1, 0.15) is 6.10 Å². The maximum absolute atomic E-state index is 12.7. The summed E-state index contributed by atoms with van der Waals surface area (Å²) in [6.07, 6.45) is 2.82. The van der Waals surface area contributed by atoms with Crippen molar-refractivity contribution < 1.29 is 32.2 Å². The van der Waals surface area contributed by atoms with Crippen LogP contribution in [0.1, 0.15) is 50.4 Å². The van der Waals surface area contributed by atoms with E-state index in [1.807, 2.05) is 0 Å². The number of hydrogen-bond donors (Lipinski definition) is 0. The molecule has 3 atom stereocenters. The van der Waals surface area contributed by atoms with E-state index < -0.39 is 28.6 Å². The molecule has 9 heteroatoms. The fraction of sp³-hybridized carbons (Fsp3) is 0.652. The molecule has 0 unspecified atom stereocenters. The molecular weight excluding hydrogens is 434 g/mol. The summed E-state index contributed by atoms with van der Waals surface area (Å²) in [4.78, 5) is 24.7. The lowest BCUT2D eigenvalue weighted by Crippen LogP contribution is -2.40. The van der Waals surface area contributed by atoms with Gasteiger partial charge in [0.15, 0.2) is 6.61 Å². The molecule has 1 saturated carbocycles. The van der Waals surface area contributed by atoms with Crippen LogP contribution >= 0.6 is 0 Å². The van der Waals surface area contributed by atoms with Crippen molar-refractivity contribution in [2.75, 3.05) is 32.9 Å². The van der Waals surface area contributed by atoms with Gasteiger partial charge in [0.2, 0.25) is 10.0 Å². The van der Waals surface area contributed by atoms with E-state index in [-0.39, 0.29) is 16.6 Å². The number of morpholine rings is 1. The monoisotopic (exact) mass is 467 g/mol. The highest BCUT2D eigenvalue weighted by molar-refractivity contribution is 7.89. The van der Waals surface area contributed by atoms with Crippen LogP contribution in [0.15, 0.2) is 29.2 Å². The van der Waals surface area contributed by atoms with Gasteiger partial charge in [0.05, 0.1) is 23.7 Å². The fourth-order valence-corrected chi connectivity index (χ4v) is 5.77. The largest absolute Gasteiger partial charge is 0.460 e. The van der Waals surface area contributed by atoms with Crippen LogP contribution in [-0.4, -0.2) is 63.7 Å². The molecule has 0 N–H and O–H groups in total. The minimum Gasteiger partial charge on any atom is -0.460 e. The highest BCUT2D eigenvalue weighted by Crippen LogP contribution is 2.35. The molecule has 1 aromatic carbocycles. The summed E-state index contributed by atoms with van der Waals surface area (Å²) in [5.41, 5.74) is 0.171. The van der Waals surface area contributed by atoms with Crippen LogP contribution in [-0.2, 0) is 29.0 Å². The molecule has 32 heavy (non-hydrogen) atoms. The zero-order chi connectivity index (χ0) is 23.3. The quantitative estimate of drug-likeness (QED) is 0.569. The van der Waals surface area contributed by atoms with E-state index in [2.05, 4.69) is 20.8 Å². The van der Waals surface area contributed by atoms with Crippen molar-refractivity contribution in [2.45, 2.75) is 51.0 Å². The highest BCUT2D eigenvalue weighted by Gasteiger charge is 2.33. The van der Waals surface area contributed by atoms with Crippen LogP contribution in [0.4, 0.5) is 0 Å². The molecule has 0 amide bonds. The summed E-state index contributed by atoms with van der Waals surface area (Å²) in [5, 5.41) is 0. The number of benzene rings is 1. The Bertz CT molecular complexity index is 891. The molecule has 1 saturated heterocycles. The topological polar surface area (TPSA) is 99.2 Å². The average molecular weight is 468 g/mol. The van der Waals surface area contributed by atoms with Crippen molar-refractivity contribution in [3.63, 3.8) is 0 Å². The van der Waals surface area contributed by atoms with Gasteiger partial charge in [-0.25, -0.2) is 18.0 Å². The SMILES string of the molecule is CC(C)[C@@H]1CC[C@@H](C)C[C@H]1OC(=O)COC(=O)c1ccc(S(=O)(=O)N2CCOCC2)cc1. The summed E-state index contributed by atoms with van der Waals surface area (Å²) in [6, 6.07) is 5.52. The van der Waals surface area contributed by atoms with E-state index in [0.29, 0.717) is 44.1 Å². The first-order chi connectivity index (χ1) is 15.2. The molecule has 1 aliphatic heterocycles. The highest BCUT2D eigenvalue weighted by atomic mass is 32.2. The van der Waals surface area contributed by atoms with E-state index in [1.54, 1.807) is 0 Å². The predicted molar refractivity (Wildman–Crippen MR) is 118 cm³/mol. The van der Waals surface area contributed by atoms with Gasteiger partial charge in [-0.05, 0) is 54.9 Å². The minimum atomic E-state index is -3.64. The van der Waals surface area contributed by atoms with Gasteiger partial charge in [-0.2, -0.15) is 4.31 Å². The van der Waals surface area contributed by atoms with Gasteiger partial charge in [0.25, 0.3) is 0 Å². The zero-order valence-electron chi connectivity index (χ0n) is 19.0. The second-order valence-electron chi connectivity index (χ2n) is 8.97. The lowest BCUT2D eigenvalue weighted by Gasteiger charge is -2.36. The van der Waals surface area contributed by atoms with Crippen molar-refractivity contribution in [3.8, 4) is 0 Å². The number of esters is 2. The lowest BCUT2D eigenvalue weighted by atomic mass is 9.75. The van der Waals surface area contributed by atoms with Crippen molar-refractivity contribution in [1.29, 1.82) is 0 Å². The lowest BCUT2D eigenvalue weighted by molar-refractivity contribution is -0.159. The van der Waals surface area contributed by atoms with Crippen LogP contribution in [0.25, 0.3) is 0 Å². The maximum atomic E-state index is 12.7. The van der Waals surface area contributed by atoms with E-state index in [1.165, 1.54) is 28.6 Å². The number of hydrogen-bond acceptors (Lipinski definition) is 7. The molecule has 8 nitrogen and oxygen atoms in total. The summed E-state index contributed by atoms with van der Waals surface area (Å²) < 4.78 is 42.6. The number of carbonyl (C=O) groups is 2. The number of nitrogens with zero attached hydrogens (tertiary/aromatic N) is 1. The van der Waals surface area contributed by atoms with Crippen molar-refractivity contribution >= 4 is 22.0 Å². The van der Waals surface area contributed by atoms with Crippen molar-refractivity contribution in [2.24, 2.45) is 17.8 Å². The zero-order valence-corrected chi connectivity index (χ0v) is 19.8. The van der Waals surface area contributed by atoms with Crippen LogP contribution in [0.3, 0.4) is 0 Å². The molecular formula is C23H33NO7S. The van der Waals surface area contributed by atoms with E-state index >= 15 is 0 Å². The smallest absolute Gasteiger partial charge is 0.344 e. The number of ether oxygens (including phenoxy) is 3. The van der Waals surface area contributed by atoms with E-state index in [0.717, 1.165) is 19.3 Å². The van der Waals surface area contributed by atoms with Gasteiger partial charge < -0.3 is 14.2 Å². The van der Waals surface area contributed by atoms with Crippen molar-refractivity contribution in [1.82, 2.24) is 4.31 Å².